The summed E-state index contributed by atoms with van der Waals surface area (Å²) >= 11 is 0. The van der Waals surface area contributed by atoms with Crippen LogP contribution in [0.1, 0.15) is 39.0 Å². The molecule has 2 aliphatic rings. The van der Waals surface area contributed by atoms with E-state index in [1.165, 1.54) is 6.42 Å². The van der Waals surface area contributed by atoms with Crippen LogP contribution in [0.25, 0.3) is 0 Å². The molecule has 2 rings (SSSR count). The second kappa shape index (κ2) is 4.72. The maximum atomic E-state index is 12.2. The summed E-state index contributed by atoms with van der Waals surface area (Å²) in [5.74, 6) is 0.180. The Morgan fingerprint density at radius 3 is 2.88 bits per heavy atom. The molecule has 4 heteroatoms. The third-order valence-corrected chi connectivity index (χ3v) is 3.59. The zero-order valence-corrected chi connectivity index (χ0v) is 10.0. The highest BCUT2D eigenvalue weighted by molar-refractivity contribution is 5.82. The Morgan fingerprint density at radius 2 is 2.25 bits per heavy atom. The van der Waals surface area contributed by atoms with Gasteiger partial charge >= 0.3 is 0 Å². The zero-order valence-electron chi connectivity index (χ0n) is 10.0. The maximum absolute atomic E-state index is 12.2. The summed E-state index contributed by atoms with van der Waals surface area (Å²) in [5, 5.41) is 13.2. The number of carbonyl (C=O) groups is 1. The van der Waals surface area contributed by atoms with Gasteiger partial charge in [-0.25, -0.2) is 0 Å². The van der Waals surface area contributed by atoms with Crippen LogP contribution in [0.15, 0.2) is 0 Å². The van der Waals surface area contributed by atoms with Crippen molar-refractivity contribution >= 4 is 5.91 Å². The van der Waals surface area contributed by atoms with Crippen LogP contribution in [0.3, 0.4) is 0 Å². The van der Waals surface area contributed by atoms with Crippen molar-refractivity contribution in [1.82, 2.24) is 10.2 Å². The molecule has 92 valence electrons. The zero-order chi connectivity index (χ0) is 11.6. The Labute approximate surface area is 97.0 Å². The van der Waals surface area contributed by atoms with E-state index in [9.17, 15) is 9.90 Å². The van der Waals surface area contributed by atoms with E-state index in [0.717, 1.165) is 38.8 Å². The second-order valence-corrected chi connectivity index (χ2v) is 5.36. The van der Waals surface area contributed by atoms with Crippen molar-refractivity contribution in [1.29, 1.82) is 0 Å². The minimum Gasteiger partial charge on any atom is -0.388 e. The van der Waals surface area contributed by atoms with E-state index in [1.807, 2.05) is 11.8 Å². The van der Waals surface area contributed by atoms with Crippen LogP contribution < -0.4 is 5.32 Å². The fourth-order valence-corrected chi connectivity index (χ4v) is 2.69. The first kappa shape index (κ1) is 11.9. The summed E-state index contributed by atoms with van der Waals surface area (Å²) < 4.78 is 0. The Hall–Kier alpha value is -0.610. The SMILES string of the molecule is CC1(O)CCCN(C(=O)[C@@H]2CCCCN2)C1. The molecule has 0 aromatic heterocycles. The van der Waals surface area contributed by atoms with Gasteiger partial charge in [0.1, 0.15) is 0 Å². The lowest BCUT2D eigenvalue weighted by molar-refractivity contribution is -0.140. The molecule has 0 spiro atoms. The molecule has 0 aromatic rings. The number of hydrogen-bond donors (Lipinski definition) is 2. The van der Waals surface area contributed by atoms with Gasteiger partial charge in [0.05, 0.1) is 11.6 Å². The first-order valence-corrected chi connectivity index (χ1v) is 6.33. The number of hydrogen-bond acceptors (Lipinski definition) is 3. The number of nitrogens with zero attached hydrogens (tertiary/aromatic N) is 1. The molecule has 0 aromatic carbocycles. The van der Waals surface area contributed by atoms with Crippen molar-refractivity contribution in [3.05, 3.63) is 0 Å². The van der Waals surface area contributed by atoms with Crippen LogP contribution in [-0.2, 0) is 4.79 Å². The van der Waals surface area contributed by atoms with E-state index in [4.69, 9.17) is 0 Å². The van der Waals surface area contributed by atoms with Crippen LogP contribution in [0.2, 0.25) is 0 Å². The van der Waals surface area contributed by atoms with Crippen molar-refractivity contribution in [3.8, 4) is 0 Å². The summed E-state index contributed by atoms with van der Waals surface area (Å²) in [7, 11) is 0. The Kier molecular flexibility index (Phi) is 3.50. The predicted molar refractivity (Wildman–Crippen MR) is 62.1 cm³/mol. The summed E-state index contributed by atoms with van der Waals surface area (Å²) in [4.78, 5) is 14.0. The highest BCUT2D eigenvalue weighted by Crippen LogP contribution is 2.21. The smallest absolute Gasteiger partial charge is 0.239 e. The van der Waals surface area contributed by atoms with E-state index in [-0.39, 0.29) is 11.9 Å². The number of carbonyl (C=O) groups excluding carboxylic acids is 1. The van der Waals surface area contributed by atoms with Gasteiger partial charge in [-0.05, 0) is 39.2 Å². The van der Waals surface area contributed by atoms with Gasteiger partial charge in [-0.3, -0.25) is 4.79 Å². The molecule has 0 saturated carbocycles. The number of aliphatic hydroxyl groups is 1. The topological polar surface area (TPSA) is 52.6 Å². The van der Waals surface area contributed by atoms with Crippen LogP contribution >= 0.6 is 0 Å². The number of piperidine rings is 2. The molecule has 2 atom stereocenters. The van der Waals surface area contributed by atoms with Crippen LogP contribution in [-0.4, -0.2) is 47.2 Å². The number of amides is 1. The van der Waals surface area contributed by atoms with E-state index >= 15 is 0 Å². The second-order valence-electron chi connectivity index (χ2n) is 5.36. The summed E-state index contributed by atoms with van der Waals surface area (Å²) in [5.41, 5.74) is -0.692. The number of β-amino-alcohol motifs (C(OH)–C–C–N with tert-alkyl or cyclic N) is 1. The van der Waals surface area contributed by atoms with Gasteiger partial charge in [0, 0.05) is 13.1 Å². The standard InChI is InChI=1S/C12H22N2O2/c1-12(16)6-4-8-14(9-12)11(15)10-5-2-3-7-13-10/h10,13,16H,2-9H2,1H3/t10-,12?/m0/s1. The Balaban J connectivity index is 1.93. The number of rotatable bonds is 1. The third kappa shape index (κ3) is 2.74. The van der Waals surface area contributed by atoms with Crippen LogP contribution in [0.5, 0.6) is 0 Å². The van der Waals surface area contributed by atoms with Gasteiger partial charge in [-0.15, -0.1) is 0 Å². The minimum absolute atomic E-state index is 0.0114. The molecule has 0 bridgehead atoms. The van der Waals surface area contributed by atoms with Crippen molar-refractivity contribution in [2.24, 2.45) is 0 Å². The van der Waals surface area contributed by atoms with Crippen molar-refractivity contribution in [3.63, 3.8) is 0 Å². The molecule has 1 amide bonds. The monoisotopic (exact) mass is 226 g/mol. The molecule has 2 aliphatic heterocycles. The molecule has 16 heavy (non-hydrogen) atoms. The molecular weight excluding hydrogens is 204 g/mol. The van der Waals surface area contributed by atoms with Gasteiger partial charge in [0.15, 0.2) is 0 Å². The molecular formula is C12H22N2O2. The van der Waals surface area contributed by atoms with E-state index in [0.29, 0.717) is 6.54 Å². The number of nitrogens with one attached hydrogen (secondary N) is 1. The molecule has 2 N–H and O–H groups in total. The summed E-state index contributed by atoms with van der Waals surface area (Å²) in [6.45, 7) is 4.05. The highest BCUT2D eigenvalue weighted by atomic mass is 16.3. The molecule has 0 radical (unpaired) electrons. The Bertz CT molecular complexity index is 260. The lowest BCUT2D eigenvalue weighted by Gasteiger charge is -2.39. The fraction of sp³-hybridized carbons (Fsp3) is 0.917. The average Bonchev–Trinajstić information content (AvgIpc) is 2.28. The molecule has 1 unspecified atom stereocenters. The van der Waals surface area contributed by atoms with Gasteiger partial charge in [0.25, 0.3) is 0 Å². The van der Waals surface area contributed by atoms with Crippen molar-refractivity contribution in [2.75, 3.05) is 19.6 Å². The molecule has 2 heterocycles. The summed E-state index contributed by atoms with van der Waals surface area (Å²) in [6.07, 6.45) is 4.95. The van der Waals surface area contributed by atoms with Crippen molar-refractivity contribution < 1.29 is 9.90 Å². The highest BCUT2D eigenvalue weighted by Gasteiger charge is 2.33. The van der Waals surface area contributed by atoms with Crippen molar-refractivity contribution in [2.45, 2.75) is 50.7 Å². The minimum atomic E-state index is -0.692. The first-order chi connectivity index (χ1) is 7.58. The first-order valence-electron chi connectivity index (χ1n) is 6.33. The third-order valence-electron chi connectivity index (χ3n) is 3.59. The molecule has 2 fully saturated rings. The fourth-order valence-electron chi connectivity index (χ4n) is 2.69. The van der Waals surface area contributed by atoms with E-state index in [1.54, 1.807) is 0 Å². The Morgan fingerprint density at radius 1 is 1.44 bits per heavy atom. The normalized spacial score (nSPS) is 36.1. The van der Waals surface area contributed by atoms with E-state index in [2.05, 4.69) is 5.32 Å². The van der Waals surface area contributed by atoms with E-state index < -0.39 is 5.60 Å². The van der Waals surface area contributed by atoms with Gasteiger partial charge in [0.2, 0.25) is 5.91 Å². The summed E-state index contributed by atoms with van der Waals surface area (Å²) in [6, 6.07) is -0.0114. The lowest BCUT2D eigenvalue weighted by atomic mass is 9.94. The molecule has 2 saturated heterocycles. The quantitative estimate of drug-likeness (QED) is 0.684. The molecule has 4 nitrogen and oxygen atoms in total. The van der Waals surface area contributed by atoms with Gasteiger partial charge in [-0.1, -0.05) is 6.42 Å². The predicted octanol–water partition coefficient (Wildman–Crippen LogP) is 0.502. The van der Waals surface area contributed by atoms with Gasteiger partial charge in [-0.2, -0.15) is 0 Å². The van der Waals surface area contributed by atoms with Crippen LogP contribution in [0.4, 0.5) is 0 Å². The maximum Gasteiger partial charge on any atom is 0.239 e. The average molecular weight is 226 g/mol. The molecule has 0 aliphatic carbocycles. The largest absolute Gasteiger partial charge is 0.388 e. The van der Waals surface area contributed by atoms with Crippen LogP contribution in [0, 0.1) is 0 Å². The van der Waals surface area contributed by atoms with Gasteiger partial charge < -0.3 is 15.3 Å². The number of likely N-dealkylation sites (tertiary alicyclic amines) is 1. The lowest BCUT2D eigenvalue weighted by Crippen LogP contribution is -2.55.